The van der Waals surface area contributed by atoms with Crippen LogP contribution >= 0.6 is 11.6 Å². The molecule has 5 rings (SSSR count). The Labute approximate surface area is 247 Å². The van der Waals surface area contributed by atoms with Crippen LogP contribution in [0.2, 0.25) is 5.02 Å². The molecular weight excluding hydrogens is 530 g/mol. The Bertz CT molecular complexity index is 1680. The predicted molar refractivity (Wildman–Crippen MR) is 165 cm³/mol. The molecule has 41 heavy (non-hydrogen) atoms. The van der Waals surface area contributed by atoms with Gasteiger partial charge in [-0.25, -0.2) is 0 Å². The molecule has 0 radical (unpaired) electrons. The molecule has 0 saturated carbocycles. The number of ether oxygens (including phenoxy) is 1. The summed E-state index contributed by atoms with van der Waals surface area (Å²) in [7, 11) is 0. The number of nitriles is 1. The number of hydrogen-bond acceptors (Lipinski definition) is 5. The van der Waals surface area contributed by atoms with Crippen molar-refractivity contribution in [2.24, 2.45) is 11.1 Å². The van der Waals surface area contributed by atoms with Gasteiger partial charge in [0.2, 0.25) is 0 Å². The number of nitrogens with two attached hydrogens (primary N) is 1. The lowest BCUT2D eigenvalue weighted by Gasteiger charge is -2.44. The summed E-state index contributed by atoms with van der Waals surface area (Å²) < 4.78 is 6.23. The van der Waals surface area contributed by atoms with Crippen molar-refractivity contribution < 1.29 is 9.53 Å². The molecule has 3 aromatic carbocycles. The van der Waals surface area contributed by atoms with Gasteiger partial charge in [0.1, 0.15) is 18.2 Å². The van der Waals surface area contributed by atoms with Gasteiger partial charge in [0.05, 0.1) is 23.2 Å². The second-order valence-corrected chi connectivity index (χ2v) is 12.5. The van der Waals surface area contributed by atoms with Crippen LogP contribution in [0.3, 0.4) is 0 Å². The molecule has 1 unspecified atom stereocenters. The minimum Gasteiger partial charge on any atom is -0.489 e. The summed E-state index contributed by atoms with van der Waals surface area (Å²) >= 11 is 6.14. The van der Waals surface area contributed by atoms with Gasteiger partial charge in [0.15, 0.2) is 5.78 Å². The fraction of sp³-hybridized carbons (Fsp3) is 0.314. The first-order valence-electron chi connectivity index (χ1n) is 13.9. The summed E-state index contributed by atoms with van der Waals surface area (Å²) in [5.41, 5.74) is 15.4. The second kappa shape index (κ2) is 10.8. The molecule has 1 aliphatic heterocycles. The van der Waals surface area contributed by atoms with Crippen LogP contribution in [0.1, 0.15) is 66.0 Å². The van der Waals surface area contributed by atoms with Gasteiger partial charge < -0.3 is 10.5 Å². The van der Waals surface area contributed by atoms with Crippen LogP contribution in [-0.4, -0.2) is 5.78 Å². The zero-order valence-electron chi connectivity index (χ0n) is 24.6. The minimum atomic E-state index is -0.546. The van der Waals surface area contributed by atoms with Crippen molar-refractivity contribution in [3.05, 3.63) is 116 Å². The van der Waals surface area contributed by atoms with E-state index in [1.165, 1.54) is 0 Å². The van der Waals surface area contributed by atoms with E-state index in [1.54, 1.807) is 0 Å². The van der Waals surface area contributed by atoms with Gasteiger partial charge in [-0.3, -0.25) is 9.69 Å². The van der Waals surface area contributed by atoms with E-state index in [2.05, 4.69) is 32.0 Å². The normalized spacial score (nSPS) is 18.3. The summed E-state index contributed by atoms with van der Waals surface area (Å²) in [5.74, 6) is 0.664. The molecule has 6 heteroatoms. The van der Waals surface area contributed by atoms with Gasteiger partial charge in [-0.1, -0.05) is 61.3 Å². The third kappa shape index (κ3) is 5.25. The Morgan fingerprint density at radius 3 is 2.46 bits per heavy atom. The zero-order chi connectivity index (χ0) is 29.6. The molecule has 0 fully saturated rings. The van der Waals surface area contributed by atoms with Gasteiger partial charge in [0, 0.05) is 22.7 Å². The monoisotopic (exact) mass is 565 g/mol. The summed E-state index contributed by atoms with van der Waals surface area (Å²) in [4.78, 5) is 16.0. The zero-order valence-corrected chi connectivity index (χ0v) is 25.3. The highest BCUT2D eigenvalue weighted by molar-refractivity contribution is 6.30. The fourth-order valence-corrected chi connectivity index (χ4v) is 6.48. The Morgan fingerprint density at radius 1 is 1.05 bits per heavy atom. The van der Waals surface area contributed by atoms with E-state index >= 15 is 0 Å². The highest BCUT2D eigenvalue weighted by Crippen LogP contribution is 2.51. The predicted octanol–water partition coefficient (Wildman–Crippen LogP) is 8.09. The molecule has 0 amide bonds. The minimum absolute atomic E-state index is 0.0654. The standard InChI is InChI=1S/C35H36ClN3O2/c1-20-13-24(19-41-31-12-11-25(36)15-22(31)3)23(4)26(14-20)32-27(18-37)34(38)39(28-10-8-7-9-21(28)2)29-16-35(5,6)17-30(40)33(29)32/h7-15,32H,16-17,19,38H2,1-6H3. The van der Waals surface area contributed by atoms with Crippen LogP contribution in [-0.2, 0) is 11.4 Å². The number of ketones is 1. The Hall–Kier alpha value is -4.01. The topological polar surface area (TPSA) is 79.3 Å². The summed E-state index contributed by atoms with van der Waals surface area (Å²) in [6, 6.07) is 20.1. The molecule has 5 nitrogen and oxygen atoms in total. The number of allylic oxidation sites excluding steroid dienone is 3. The molecule has 3 aromatic rings. The lowest BCUT2D eigenvalue weighted by Crippen LogP contribution is -2.42. The maximum atomic E-state index is 14.0. The number of aryl methyl sites for hydroxylation is 3. The summed E-state index contributed by atoms with van der Waals surface area (Å²) in [6.07, 6.45) is 1.09. The molecule has 0 aromatic heterocycles. The van der Waals surface area contributed by atoms with Crippen LogP contribution in [0.15, 0.2) is 77.3 Å². The van der Waals surface area contributed by atoms with Gasteiger partial charge in [-0.05, 0) is 91.6 Å². The van der Waals surface area contributed by atoms with Crippen LogP contribution in [0.4, 0.5) is 5.69 Å². The number of anilines is 1. The largest absolute Gasteiger partial charge is 0.489 e. The molecule has 210 valence electrons. The first kappa shape index (κ1) is 28.5. The van der Waals surface area contributed by atoms with Crippen molar-refractivity contribution >= 4 is 23.1 Å². The average molecular weight is 566 g/mol. The molecule has 1 aliphatic carbocycles. The number of hydrogen-bond donors (Lipinski definition) is 1. The van der Waals surface area contributed by atoms with Crippen molar-refractivity contribution in [2.45, 2.75) is 66.9 Å². The number of Topliss-reactive ketones (excluding diaryl/α,β-unsaturated/α-hetero) is 1. The molecule has 0 bridgehead atoms. The van der Waals surface area contributed by atoms with Crippen molar-refractivity contribution in [3.8, 4) is 11.8 Å². The lowest BCUT2D eigenvalue weighted by atomic mass is 9.67. The number of para-hydroxylation sites is 1. The van der Waals surface area contributed by atoms with Gasteiger partial charge in [-0.2, -0.15) is 5.26 Å². The van der Waals surface area contributed by atoms with Gasteiger partial charge in [-0.15, -0.1) is 0 Å². The summed E-state index contributed by atoms with van der Waals surface area (Å²) in [6.45, 7) is 12.6. The Morgan fingerprint density at radius 2 is 1.78 bits per heavy atom. The van der Waals surface area contributed by atoms with E-state index in [9.17, 15) is 10.1 Å². The van der Waals surface area contributed by atoms with Gasteiger partial charge in [0.25, 0.3) is 0 Å². The molecule has 1 heterocycles. The van der Waals surface area contributed by atoms with E-state index in [0.29, 0.717) is 41.4 Å². The number of benzene rings is 3. The highest BCUT2D eigenvalue weighted by Gasteiger charge is 2.45. The van der Waals surface area contributed by atoms with Crippen LogP contribution in [0.5, 0.6) is 5.75 Å². The van der Waals surface area contributed by atoms with Crippen LogP contribution < -0.4 is 15.4 Å². The van der Waals surface area contributed by atoms with Crippen molar-refractivity contribution in [2.75, 3.05) is 4.90 Å². The van der Waals surface area contributed by atoms with Crippen molar-refractivity contribution in [3.63, 3.8) is 0 Å². The van der Waals surface area contributed by atoms with Crippen LogP contribution in [0.25, 0.3) is 0 Å². The Kier molecular flexibility index (Phi) is 7.48. The number of carbonyl (C=O) groups is 1. The van der Waals surface area contributed by atoms with Crippen molar-refractivity contribution in [1.82, 2.24) is 0 Å². The highest BCUT2D eigenvalue weighted by atomic mass is 35.5. The van der Waals surface area contributed by atoms with Crippen molar-refractivity contribution in [1.29, 1.82) is 5.26 Å². The molecular formula is C35H36ClN3O2. The molecule has 0 spiro atoms. The van der Waals surface area contributed by atoms with E-state index in [0.717, 1.165) is 50.5 Å². The van der Waals surface area contributed by atoms with E-state index < -0.39 is 5.92 Å². The van der Waals surface area contributed by atoms with E-state index in [1.807, 2.05) is 75.1 Å². The van der Waals surface area contributed by atoms with Gasteiger partial charge >= 0.3 is 0 Å². The molecule has 1 atom stereocenters. The second-order valence-electron chi connectivity index (χ2n) is 12.1. The number of nitrogens with zero attached hydrogens (tertiary/aromatic N) is 2. The third-order valence-electron chi connectivity index (χ3n) is 8.27. The smallest absolute Gasteiger partial charge is 0.162 e. The van der Waals surface area contributed by atoms with E-state index in [-0.39, 0.29) is 11.2 Å². The average Bonchev–Trinajstić information content (AvgIpc) is 2.89. The first-order valence-corrected chi connectivity index (χ1v) is 14.3. The maximum absolute atomic E-state index is 14.0. The number of halogens is 1. The van der Waals surface area contributed by atoms with E-state index in [4.69, 9.17) is 22.1 Å². The Balaban J connectivity index is 1.67. The fourth-order valence-electron chi connectivity index (χ4n) is 6.25. The maximum Gasteiger partial charge on any atom is 0.162 e. The number of carbonyl (C=O) groups excluding carboxylic acids is 1. The SMILES string of the molecule is Cc1cc(COc2ccc(Cl)cc2C)c(C)c(C2C(C#N)=C(N)N(c3ccccc3C)C3=C2C(=O)CC(C)(C)C3)c1. The lowest BCUT2D eigenvalue weighted by molar-refractivity contribution is -0.118. The first-order chi connectivity index (χ1) is 19.4. The summed E-state index contributed by atoms with van der Waals surface area (Å²) in [5, 5.41) is 11.2. The quantitative estimate of drug-likeness (QED) is 0.338. The molecule has 2 aliphatic rings. The molecule has 2 N–H and O–H groups in total. The van der Waals surface area contributed by atoms with Crippen LogP contribution in [0, 0.1) is 44.4 Å². The molecule has 0 saturated heterocycles. The third-order valence-corrected chi connectivity index (χ3v) is 8.50. The number of rotatable bonds is 5.